The smallest absolute Gasteiger partial charge is 0.422 e. The van der Waals surface area contributed by atoms with E-state index in [0.29, 0.717) is 32.1 Å². The minimum atomic E-state index is -4.37. The Balaban J connectivity index is 1.78. The molecule has 29 heavy (non-hydrogen) atoms. The molecule has 0 saturated heterocycles. The maximum Gasteiger partial charge on any atom is 0.422 e. The van der Waals surface area contributed by atoms with E-state index in [-0.39, 0.29) is 17.4 Å². The summed E-state index contributed by atoms with van der Waals surface area (Å²) in [6.45, 7) is 2.39. The number of carbonyl (C=O) groups is 1. The van der Waals surface area contributed by atoms with Gasteiger partial charge in [0.2, 0.25) is 0 Å². The van der Waals surface area contributed by atoms with Gasteiger partial charge in [0.05, 0.1) is 12.8 Å². The Labute approximate surface area is 166 Å². The first kappa shape index (κ1) is 22.1. The van der Waals surface area contributed by atoms with Crippen molar-refractivity contribution in [3.8, 4) is 5.75 Å². The number of ether oxygens (including phenoxy) is 1. The Hall–Kier alpha value is -3.17. The topological polar surface area (TPSA) is 87.9 Å². The van der Waals surface area contributed by atoms with Crippen molar-refractivity contribution >= 4 is 11.9 Å². The van der Waals surface area contributed by atoms with Crippen LogP contribution in [0.25, 0.3) is 0 Å². The molecule has 0 aliphatic carbocycles. The highest BCUT2D eigenvalue weighted by molar-refractivity contribution is 5.91. The molecule has 2 rings (SSSR count). The van der Waals surface area contributed by atoms with E-state index in [0.717, 1.165) is 5.56 Å². The second-order valence-corrected chi connectivity index (χ2v) is 5.90. The Bertz CT molecular complexity index is 775. The van der Waals surface area contributed by atoms with Gasteiger partial charge in [0.25, 0.3) is 5.91 Å². The summed E-state index contributed by atoms with van der Waals surface area (Å²) < 4.78 is 46.2. The molecule has 10 heteroatoms. The van der Waals surface area contributed by atoms with Gasteiger partial charge in [0.1, 0.15) is 5.75 Å². The number of hydrogen-bond donors (Lipinski definition) is 3. The number of hydrogen-bond acceptors (Lipinski definition) is 4. The predicted octanol–water partition coefficient (Wildman–Crippen LogP) is 2.71. The Kier molecular flexibility index (Phi) is 8.38. The van der Waals surface area contributed by atoms with E-state index in [9.17, 15) is 18.0 Å². The molecule has 0 saturated carbocycles. The molecule has 0 aliphatic rings. The minimum Gasteiger partial charge on any atom is -0.484 e. The number of rotatable bonds is 9. The molecule has 0 fully saturated rings. The van der Waals surface area contributed by atoms with Gasteiger partial charge in [-0.1, -0.05) is 12.1 Å². The van der Waals surface area contributed by atoms with Gasteiger partial charge in [-0.15, -0.1) is 0 Å². The number of alkyl halides is 3. The third-order valence-corrected chi connectivity index (χ3v) is 3.54. The average Bonchev–Trinajstić information content (AvgIpc) is 3.22. The van der Waals surface area contributed by atoms with Crippen LogP contribution in [-0.4, -0.2) is 44.3 Å². The largest absolute Gasteiger partial charge is 0.484 e. The van der Waals surface area contributed by atoms with E-state index < -0.39 is 12.8 Å². The molecule has 0 radical (unpaired) electrons. The zero-order valence-electron chi connectivity index (χ0n) is 15.9. The lowest BCUT2D eigenvalue weighted by Crippen LogP contribution is -2.41. The molecule has 7 nitrogen and oxygen atoms in total. The highest BCUT2D eigenvalue weighted by atomic mass is 19.4. The summed E-state index contributed by atoms with van der Waals surface area (Å²) in [7, 11) is 0. The van der Waals surface area contributed by atoms with Crippen molar-refractivity contribution in [3.05, 3.63) is 54.0 Å². The van der Waals surface area contributed by atoms with Gasteiger partial charge in [0, 0.05) is 19.6 Å². The lowest BCUT2D eigenvalue weighted by Gasteiger charge is -2.12. The minimum absolute atomic E-state index is 0.146. The molecule has 0 atom stereocenters. The predicted molar refractivity (Wildman–Crippen MR) is 102 cm³/mol. The van der Waals surface area contributed by atoms with Crippen molar-refractivity contribution in [2.75, 3.05) is 26.2 Å². The molecule has 0 unspecified atom stereocenters. The first-order valence-corrected chi connectivity index (χ1v) is 9.00. The van der Waals surface area contributed by atoms with Crippen LogP contribution >= 0.6 is 0 Å². The van der Waals surface area contributed by atoms with Crippen LogP contribution in [0.4, 0.5) is 13.2 Å². The van der Waals surface area contributed by atoms with Gasteiger partial charge in [-0.25, -0.2) is 4.99 Å². The quantitative estimate of drug-likeness (QED) is 0.335. The van der Waals surface area contributed by atoms with Crippen LogP contribution in [-0.2, 0) is 6.54 Å². The summed E-state index contributed by atoms with van der Waals surface area (Å²) >= 11 is 0. The fraction of sp³-hybridized carbons (Fsp3) is 0.368. The normalized spacial score (nSPS) is 11.8. The lowest BCUT2D eigenvalue weighted by atomic mass is 10.2. The van der Waals surface area contributed by atoms with Crippen LogP contribution in [0.2, 0.25) is 0 Å². The lowest BCUT2D eigenvalue weighted by molar-refractivity contribution is -0.153. The number of nitrogens with zero attached hydrogens (tertiary/aromatic N) is 1. The summed E-state index contributed by atoms with van der Waals surface area (Å²) in [4.78, 5) is 16.2. The van der Waals surface area contributed by atoms with E-state index in [1.165, 1.54) is 18.4 Å². The fourth-order valence-electron chi connectivity index (χ4n) is 2.22. The average molecular weight is 412 g/mol. The molecule has 158 valence electrons. The van der Waals surface area contributed by atoms with E-state index in [1.807, 2.05) is 6.92 Å². The number of furan rings is 1. The Morgan fingerprint density at radius 2 is 1.83 bits per heavy atom. The number of nitrogens with one attached hydrogen (secondary N) is 3. The summed E-state index contributed by atoms with van der Waals surface area (Å²) in [6, 6.07) is 9.47. The van der Waals surface area contributed by atoms with Crippen molar-refractivity contribution in [2.45, 2.75) is 19.6 Å². The van der Waals surface area contributed by atoms with Gasteiger partial charge < -0.3 is 25.1 Å². The van der Waals surface area contributed by atoms with Gasteiger partial charge in [0.15, 0.2) is 18.3 Å². The van der Waals surface area contributed by atoms with Gasteiger partial charge in [-0.2, -0.15) is 13.2 Å². The van der Waals surface area contributed by atoms with Crippen molar-refractivity contribution in [2.24, 2.45) is 4.99 Å². The summed E-state index contributed by atoms with van der Waals surface area (Å²) in [5.74, 6) is 0.643. The SMILES string of the molecule is CCNC(=NCc1ccc(OCC(F)(F)F)cc1)NCCNC(=O)c1ccco1. The van der Waals surface area contributed by atoms with Crippen molar-refractivity contribution in [1.82, 2.24) is 16.0 Å². The van der Waals surface area contributed by atoms with Crippen LogP contribution in [0.3, 0.4) is 0 Å². The summed E-state index contributed by atoms with van der Waals surface area (Å²) in [6.07, 6.45) is -2.94. The van der Waals surface area contributed by atoms with Crippen LogP contribution in [0.5, 0.6) is 5.75 Å². The number of guanidine groups is 1. The first-order valence-electron chi connectivity index (χ1n) is 9.00. The molecular formula is C19H23F3N4O3. The molecule has 3 N–H and O–H groups in total. The van der Waals surface area contributed by atoms with Gasteiger partial charge >= 0.3 is 6.18 Å². The number of halogens is 3. The number of carbonyl (C=O) groups excluding carboxylic acids is 1. The molecule has 2 aromatic rings. The monoisotopic (exact) mass is 412 g/mol. The van der Waals surface area contributed by atoms with Crippen molar-refractivity contribution in [3.63, 3.8) is 0 Å². The maximum atomic E-state index is 12.2. The second-order valence-electron chi connectivity index (χ2n) is 5.90. The zero-order valence-corrected chi connectivity index (χ0v) is 15.9. The molecule has 1 aromatic heterocycles. The molecule has 1 heterocycles. The van der Waals surface area contributed by atoms with Crippen molar-refractivity contribution < 1.29 is 27.1 Å². The maximum absolute atomic E-state index is 12.2. The fourth-order valence-corrected chi connectivity index (χ4v) is 2.22. The Morgan fingerprint density at radius 1 is 1.10 bits per heavy atom. The molecule has 1 aromatic carbocycles. The van der Waals surface area contributed by atoms with Gasteiger partial charge in [-0.05, 0) is 36.8 Å². The standard InChI is InChI=1S/C19H23F3N4O3/c1-2-23-18(25-10-9-24-17(27)16-4-3-11-28-16)26-12-14-5-7-15(8-6-14)29-13-19(20,21)22/h3-8,11H,2,9-10,12-13H2,1H3,(H,24,27)(H2,23,25,26). The Morgan fingerprint density at radius 3 is 2.45 bits per heavy atom. The third-order valence-electron chi connectivity index (χ3n) is 3.54. The van der Waals surface area contributed by atoms with E-state index in [4.69, 9.17) is 4.42 Å². The first-order chi connectivity index (χ1) is 13.9. The highest BCUT2D eigenvalue weighted by Gasteiger charge is 2.28. The van der Waals surface area contributed by atoms with Gasteiger partial charge in [-0.3, -0.25) is 4.79 Å². The van der Waals surface area contributed by atoms with Crippen LogP contribution in [0.15, 0.2) is 52.1 Å². The second kappa shape index (κ2) is 11.0. The number of aliphatic imine (C=N–C) groups is 1. The molecule has 1 amide bonds. The summed E-state index contributed by atoms with van der Waals surface area (Å²) in [5, 5.41) is 8.87. The summed E-state index contributed by atoms with van der Waals surface area (Å²) in [5.41, 5.74) is 0.813. The highest BCUT2D eigenvalue weighted by Crippen LogP contribution is 2.19. The molecule has 0 spiro atoms. The van der Waals surface area contributed by atoms with E-state index >= 15 is 0 Å². The number of amides is 1. The number of benzene rings is 1. The van der Waals surface area contributed by atoms with E-state index in [1.54, 1.807) is 24.3 Å². The van der Waals surface area contributed by atoms with E-state index in [2.05, 4.69) is 25.7 Å². The molecule has 0 bridgehead atoms. The third kappa shape index (κ3) is 8.58. The molecule has 0 aliphatic heterocycles. The van der Waals surface area contributed by atoms with Crippen LogP contribution in [0.1, 0.15) is 23.0 Å². The zero-order chi connectivity index (χ0) is 21.1. The van der Waals surface area contributed by atoms with Crippen molar-refractivity contribution in [1.29, 1.82) is 0 Å². The van der Waals surface area contributed by atoms with Crippen LogP contribution < -0.4 is 20.7 Å². The van der Waals surface area contributed by atoms with Crippen LogP contribution in [0, 0.1) is 0 Å². The molecular weight excluding hydrogens is 389 g/mol.